The average Bonchev–Trinajstić information content (AvgIpc) is 3.51. The molecule has 0 bridgehead atoms. The highest BCUT2D eigenvalue weighted by molar-refractivity contribution is 7.80. The minimum Gasteiger partial charge on any atom is -0.459 e. The van der Waals surface area contributed by atoms with Crippen LogP contribution in [0.2, 0.25) is 0 Å². The van der Waals surface area contributed by atoms with Crippen LogP contribution in [0.1, 0.15) is 42.9 Å². The molecule has 1 fully saturated rings. The first kappa shape index (κ1) is 24.6. The van der Waals surface area contributed by atoms with Gasteiger partial charge < -0.3 is 20.0 Å². The summed E-state index contributed by atoms with van der Waals surface area (Å²) < 4.78 is 19.8. The van der Waals surface area contributed by atoms with E-state index in [1.165, 1.54) is 12.1 Å². The SMILES string of the molecule is Cc1cc(N2C(=S)N[C@H](c3ccccn3)[C@@H]2c2ccc(-c3ccc(F)cc3)o2)ccc1NC(=O)C(C)C. The highest BCUT2D eigenvalue weighted by Gasteiger charge is 2.42. The summed E-state index contributed by atoms with van der Waals surface area (Å²) in [7, 11) is 0. The van der Waals surface area contributed by atoms with Crippen molar-refractivity contribution < 1.29 is 13.6 Å². The Morgan fingerprint density at radius 2 is 1.89 bits per heavy atom. The summed E-state index contributed by atoms with van der Waals surface area (Å²) >= 11 is 5.81. The molecule has 188 valence electrons. The Bertz CT molecular complexity index is 1440. The van der Waals surface area contributed by atoms with E-state index in [4.69, 9.17) is 16.6 Å². The molecule has 8 heteroatoms. The largest absolute Gasteiger partial charge is 0.459 e. The first-order valence-corrected chi connectivity index (χ1v) is 12.5. The van der Waals surface area contributed by atoms with E-state index in [-0.39, 0.29) is 29.7 Å². The topological polar surface area (TPSA) is 70.4 Å². The molecule has 0 aliphatic carbocycles. The second-order valence-corrected chi connectivity index (χ2v) is 9.74. The normalized spacial score (nSPS) is 17.2. The smallest absolute Gasteiger partial charge is 0.226 e. The number of carbonyl (C=O) groups is 1. The summed E-state index contributed by atoms with van der Waals surface area (Å²) in [5.74, 6) is 0.872. The molecule has 1 aliphatic rings. The second kappa shape index (κ2) is 10.1. The van der Waals surface area contributed by atoms with E-state index < -0.39 is 0 Å². The highest BCUT2D eigenvalue weighted by atomic mass is 32.1. The molecule has 1 amide bonds. The maximum atomic E-state index is 13.5. The summed E-state index contributed by atoms with van der Waals surface area (Å²) in [6.45, 7) is 5.68. The lowest BCUT2D eigenvalue weighted by atomic mass is 10.0. The van der Waals surface area contributed by atoms with Crippen LogP contribution < -0.4 is 15.5 Å². The van der Waals surface area contributed by atoms with Crippen LogP contribution in [-0.4, -0.2) is 16.0 Å². The molecule has 6 nitrogen and oxygen atoms in total. The summed E-state index contributed by atoms with van der Waals surface area (Å²) in [6.07, 6.45) is 1.75. The van der Waals surface area contributed by atoms with Gasteiger partial charge in [-0.2, -0.15) is 0 Å². The van der Waals surface area contributed by atoms with E-state index in [0.29, 0.717) is 16.6 Å². The number of nitrogens with zero attached hydrogens (tertiary/aromatic N) is 2. The Morgan fingerprint density at radius 1 is 1.11 bits per heavy atom. The first-order valence-electron chi connectivity index (χ1n) is 12.1. The Hall–Kier alpha value is -4.04. The van der Waals surface area contributed by atoms with E-state index in [2.05, 4.69) is 15.6 Å². The maximum Gasteiger partial charge on any atom is 0.226 e. The lowest BCUT2D eigenvalue weighted by Crippen LogP contribution is -2.29. The van der Waals surface area contributed by atoms with Gasteiger partial charge in [-0.25, -0.2) is 4.39 Å². The molecule has 3 heterocycles. The van der Waals surface area contributed by atoms with Crippen molar-refractivity contribution in [3.63, 3.8) is 0 Å². The van der Waals surface area contributed by atoms with Gasteiger partial charge in [0, 0.05) is 29.1 Å². The van der Waals surface area contributed by atoms with E-state index in [1.807, 2.05) is 74.2 Å². The standard InChI is InChI=1S/C29H27FN4O2S/c1-17(2)28(35)32-22-12-11-21(16-18(22)3)34-27(26(33-29(34)37)23-6-4-5-15-31-23)25-14-13-24(36-25)19-7-9-20(30)10-8-19/h4-17,26-27H,1-3H3,(H,32,35)(H,33,37)/t26-,27+/m1/s1. The van der Waals surface area contributed by atoms with Gasteiger partial charge in [0.05, 0.1) is 11.7 Å². The zero-order chi connectivity index (χ0) is 26.1. The fourth-order valence-corrected chi connectivity index (χ4v) is 4.76. The Kier molecular flexibility index (Phi) is 6.76. The van der Waals surface area contributed by atoms with E-state index in [1.54, 1.807) is 18.3 Å². The van der Waals surface area contributed by atoms with Crippen molar-refractivity contribution >= 4 is 34.6 Å². The van der Waals surface area contributed by atoms with E-state index in [9.17, 15) is 9.18 Å². The van der Waals surface area contributed by atoms with Crippen LogP contribution in [0.25, 0.3) is 11.3 Å². The predicted molar refractivity (Wildman–Crippen MR) is 147 cm³/mol. The van der Waals surface area contributed by atoms with Gasteiger partial charge in [0.15, 0.2) is 5.11 Å². The van der Waals surface area contributed by atoms with Gasteiger partial charge in [-0.1, -0.05) is 19.9 Å². The lowest BCUT2D eigenvalue weighted by Gasteiger charge is -2.27. The van der Waals surface area contributed by atoms with E-state index >= 15 is 0 Å². The number of hydrogen-bond acceptors (Lipinski definition) is 4. The third kappa shape index (κ3) is 4.97. The van der Waals surface area contributed by atoms with Crippen molar-refractivity contribution in [3.05, 3.63) is 102 Å². The molecule has 1 aliphatic heterocycles. The van der Waals surface area contributed by atoms with Crippen molar-refractivity contribution in [2.45, 2.75) is 32.9 Å². The van der Waals surface area contributed by atoms with Crippen LogP contribution in [0.3, 0.4) is 0 Å². The quantitative estimate of drug-likeness (QED) is 0.284. The van der Waals surface area contributed by atoms with Crippen LogP contribution in [0.4, 0.5) is 15.8 Å². The molecule has 37 heavy (non-hydrogen) atoms. The number of nitrogens with one attached hydrogen (secondary N) is 2. The van der Waals surface area contributed by atoms with Crippen LogP contribution in [0, 0.1) is 18.7 Å². The van der Waals surface area contributed by atoms with Crippen molar-refractivity contribution in [2.75, 3.05) is 10.2 Å². The Morgan fingerprint density at radius 3 is 2.57 bits per heavy atom. The number of halogens is 1. The number of amides is 1. The molecule has 2 aromatic heterocycles. The van der Waals surface area contributed by atoms with Crippen LogP contribution in [0.5, 0.6) is 0 Å². The van der Waals surface area contributed by atoms with Crippen LogP contribution in [-0.2, 0) is 4.79 Å². The number of furan rings is 1. The Labute approximate surface area is 220 Å². The number of thiocarbonyl (C=S) groups is 1. The van der Waals surface area contributed by atoms with Gasteiger partial charge in [0.2, 0.25) is 5.91 Å². The minimum atomic E-state index is -0.327. The Balaban J connectivity index is 1.54. The molecule has 1 saturated heterocycles. The fourth-order valence-electron chi connectivity index (χ4n) is 4.42. The van der Waals surface area contributed by atoms with Gasteiger partial charge in [-0.15, -0.1) is 0 Å². The molecule has 4 aromatic rings. The number of hydrogen-bond donors (Lipinski definition) is 2. The number of rotatable bonds is 6. The molecule has 2 N–H and O–H groups in total. The molecule has 2 aromatic carbocycles. The summed E-state index contributed by atoms with van der Waals surface area (Å²) in [4.78, 5) is 18.8. The fraction of sp³-hybridized carbons (Fsp3) is 0.207. The molecular formula is C29H27FN4O2S. The molecular weight excluding hydrogens is 487 g/mol. The second-order valence-electron chi connectivity index (χ2n) is 9.35. The zero-order valence-electron chi connectivity index (χ0n) is 20.7. The van der Waals surface area contributed by atoms with Crippen molar-refractivity contribution in [2.24, 2.45) is 5.92 Å². The number of aromatic nitrogens is 1. The number of aryl methyl sites for hydroxylation is 1. The van der Waals surface area contributed by atoms with Gasteiger partial charge in [0.1, 0.15) is 23.4 Å². The monoisotopic (exact) mass is 514 g/mol. The van der Waals surface area contributed by atoms with E-state index in [0.717, 1.165) is 28.2 Å². The third-order valence-corrected chi connectivity index (χ3v) is 6.73. The molecule has 0 radical (unpaired) electrons. The number of benzene rings is 2. The van der Waals surface area contributed by atoms with Crippen molar-refractivity contribution in [3.8, 4) is 11.3 Å². The first-order chi connectivity index (χ1) is 17.8. The molecule has 0 spiro atoms. The third-order valence-electron chi connectivity index (χ3n) is 6.42. The molecule has 5 rings (SSSR count). The van der Waals surface area contributed by atoms with Crippen molar-refractivity contribution in [1.82, 2.24) is 10.3 Å². The van der Waals surface area contributed by atoms with Crippen molar-refractivity contribution in [1.29, 1.82) is 0 Å². The molecule has 0 unspecified atom stereocenters. The highest BCUT2D eigenvalue weighted by Crippen LogP contribution is 2.43. The summed E-state index contributed by atoms with van der Waals surface area (Å²) in [5.41, 5.74) is 4.15. The zero-order valence-corrected chi connectivity index (χ0v) is 21.6. The van der Waals surface area contributed by atoms with Crippen LogP contribution >= 0.6 is 12.2 Å². The minimum absolute atomic E-state index is 0.0359. The average molecular weight is 515 g/mol. The number of carbonyl (C=O) groups excluding carboxylic acids is 1. The van der Waals surface area contributed by atoms with Gasteiger partial charge in [0.25, 0.3) is 0 Å². The van der Waals surface area contributed by atoms with Crippen LogP contribution in [0.15, 0.2) is 83.4 Å². The van der Waals surface area contributed by atoms with Gasteiger partial charge >= 0.3 is 0 Å². The van der Waals surface area contributed by atoms with Gasteiger partial charge in [-0.05, 0) is 91.4 Å². The maximum absolute atomic E-state index is 13.5. The summed E-state index contributed by atoms with van der Waals surface area (Å²) in [5, 5.41) is 6.94. The molecule has 2 atom stereocenters. The predicted octanol–water partition coefficient (Wildman–Crippen LogP) is 6.56. The van der Waals surface area contributed by atoms with Gasteiger partial charge in [-0.3, -0.25) is 9.78 Å². The summed E-state index contributed by atoms with van der Waals surface area (Å²) in [6, 6.07) is 21.0. The lowest BCUT2D eigenvalue weighted by molar-refractivity contribution is -0.118. The number of anilines is 2. The molecule has 0 saturated carbocycles. The number of pyridine rings is 1.